The van der Waals surface area contributed by atoms with Gasteiger partial charge in [-0.05, 0) is 24.3 Å². The Morgan fingerprint density at radius 2 is 1.93 bits per heavy atom. The number of carboxylic acids is 1. The highest BCUT2D eigenvalue weighted by Crippen LogP contribution is 2.34. The number of thiophene rings is 1. The van der Waals surface area contributed by atoms with E-state index in [1.54, 1.807) is 23.6 Å². The maximum Gasteiger partial charge on any atom is 0.313 e. The summed E-state index contributed by atoms with van der Waals surface area (Å²) in [5.41, 5.74) is 0.339. The monoisotopic (exact) mass is 430 g/mol. The zero-order chi connectivity index (χ0) is 20.5. The third-order valence-corrected chi connectivity index (χ3v) is 5.93. The van der Waals surface area contributed by atoms with E-state index >= 15 is 0 Å². The van der Waals surface area contributed by atoms with Gasteiger partial charge in [0.1, 0.15) is 16.5 Å². The first-order valence-corrected chi connectivity index (χ1v) is 10.2. The minimum atomic E-state index is -1.08. The Labute approximate surface area is 171 Å². The van der Waals surface area contributed by atoms with Crippen molar-refractivity contribution in [3.8, 4) is 16.8 Å². The minimum Gasteiger partial charge on any atom is -0.481 e. The molecule has 0 saturated carbocycles. The highest BCUT2D eigenvalue weighted by Gasteiger charge is 2.20. The van der Waals surface area contributed by atoms with Crippen molar-refractivity contribution in [1.29, 1.82) is 0 Å². The molecule has 0 radical (unpaired) electrons. The lowest BCUT2D eigenvalue weighted by atomic mass is 10.1. The largest absolute Gasteiger partial charge is 0.481 e. The normalized spacial score (nSPS) is 11.1. The van der Waals surface area contributed by atoms with Gasteiger partial charge in [0.25, 0.3) is 5.56 Å². The summed E-state index contributed by atoms with van der Waals surface area (Å²) >= 11 is 2.02. The number of halogens is 2. The van der Waals surface area contributed by atoms with Gasteiger partial charge >= 0.3 is 5.97 Å². The maximum absolute atomic E-state index is 14.3. The van der Waals surface area contributed by atoms with E-state index in [0.717, 1.165) is 33.7 Å². The minimum absolute atomic E-state index is 0.123. The van der Waals surface area contributed by atoms with Crippen LogP contribution in [0.15, 0.2) is 63.9 Å². The van der Waals surface area contributed by atoms with Crippen LogP contribution in [0.3, 0.4) is 0 Å². The number of carboxylic acid groups (broad SMARTS) is 1. The van der Waals surface area contributed by atoms with Gasteiger partial charge in [0, 0.05) is 16.5 Å². The van der Waals surface area contributed by atoms with Crippen molar-refractivity contribution < 1.29 is 18.7 Å². The molecule has 5 nitrogen and oxygen atoms in total. The highest BCUT2D eigenvalue weighted by molar-refractivity contribution is 7.99. The van der Waals surface area contributed by atoms with E-state index in [1.165, 1.54) is 24.3 Å². The molecule has 0 atom stereocenters. The molecule has 2 heterocycles. The molecule has 0 amide bonds. The van der Waals surface area contributed by atoms with Crippen LogP contribution in [-0.2, 0) is 4.79 Å². The lowest BCUT2D eigenvalue weighted by Gasteiger charge is -2.12. The second-order valence-electron chi connectivity index (χ2n) is 6.01. The van der Waals surface area contributed by atoms with Gasteiger partial charge in [0.05, 0.1) is 16.8 Å². The van der Waals surface area contributed by atoms with Crippen LogP contribution in [0, 0.1) is 11.6 Å². The van der Waals surface area contributed by atoms with Crippen LogP contribution < -0.4 is 5.56 Å². The highest BCUT2D eigenvalue weighted by atomic mass is 32.2. The molecule has 0 saturated heterocycles. The van der Waals surface area contributed by atoms with E-state index in [-0.39, 0.29) is 27.5 Å². The van der Waals surface area contributed by atoms with Crippen LogP contribution >= 0.6 is 23.1 Å². The van der Waals surface area contributed by atoms with E-state index in [0.29, 0.717) is 10.4 Å². The van der Waals surface area contributed by atoms with Crippen LogP contribution in [0.2, 0.25) is 0 Å². The molecule has 9 heteroatoms. The van der Waals surface area contributed by atoms with Gasteiger partial charge in [-0.15, -0.1) is 11.3 Å². The number of nitrogens with zero attached hydrogens (tertiary/aromatic N) is 2. The molecule has 0 unspecified atom stereocenters. The standard InChI is InChI=1S/C20H12F2N2O3S2/c21-11-4-3-5-12(8-11)24-19(27)17-14(13-6-1-2-7-15(13)22)9-28-18(17)23-20(24)29-10-16(25)26/h1-9H,10H2,(H,25,26). The zero-order valence-corrected chi connectivity index (χ0v) is 16.3. The van der Waals surface area contributed by atoms with Crippen LogP contribution in [0.25, 0.3) is 27.0 Å². The van der Waals surface area contributed by atoms with Crippen molar-refractivity contribution in [3.63, 3.8) is 0 Å². The van der Waals surface area contributed by atoms with Gasteiger partial charge < -0.3 is 5.11 Å². The van der Waals surface area contributed by atoms with Gasteiger partial charge in [-0.3, -0.25) is 14.2 Å². The topological polar surface area (TPSA) is 72.2 Å². The van der Waals surface area contributed by atoms with Crippen molar-refractivity contribution >= 4 is 39.3 Å². The molecule has 0 spiro atoms. The Morgan fingerprint density at radius 1 is 1.14 bits per heavy atom. The average Bonchev–Trinajstić information content (AvgIpc) is 3.11. The quantitative estimate of drug-likeness (QED) is 0.371. The molecule has 1 N–H and O–H groups in total. The average molecular weight is 430 g/mol. The van der Waals surface area contributed by atoms with Crippen LogP contribution in [0.1, 0.15) is 0 Å². The third-order valence-electron chi connectivity index (χ3n) is 4.13. The number of aliphatic carboxylic acids is 1. The second-order valence-corrected chi connectivity index (χ2v) is 7.81. The number of rotatable bonds is 5. The van der Waals surface area contributed by atoms with Gasteiger partial charge in [0.15, 0.2) is 5.16 Å². The van der Waals surface area contributed by atoms with E-state index in [4.69, 9.17) is 5.11 Å². The molecular formula is C20H12F2N2O3S2. The number of hydrogen-bond acceptors (Lipinski definition) is 5. The van der Waals surface area contributed by atoms with Crippen molar-refractivity contribution in [2.45, 2.75) is 5.16 Å². The van der Waals surface area contributed by atoms with Gasteiger partial charge in [-0.25, -0.2) is 13.8 Å². The van der Waals surface area contributed by atoms with E-state index in [2.05, 4.69) is 4.98 Å². The van der Waals surface area contributed by atoms with Crippen LogP contribution in [0.4, 0.5) is 8.78 Å². The van der Waals surface area contributed by atoms with Crippen molar-refractivity contribution in [2.75, 3.05) is 5.75 Å². The first-order chi connectivity index (χ1) is 14.0. The van der Waals surface area contributed by atoms with Crippen LogP contribution in [0.5, 0.6) is 0 Å². The lowest BCUT2D eigenvalue weighted by molar-refractivity contribution is -0.133. The molecule has 2 aromatic heterocycles. The summed E-state index contributed by atoms with van der Waals surface area (Å²) in [5.74, 6) is -2.43. The smallest absolute Gasteiger partial charge is 0.313 e. The van der Waals surface area contributed by atoms with Gasteiger partial charge in [-0.1, -0.05) is 36.0 Å². The first kappa shape index (κ1) is 19.3. The van der Waals surface area contributed by atoms with Crippen molar-refractivity contribution in [3.05, 3.63) is 75.9 Å². The molecule has 29 heavy (non-hydrogen) atoms. The van der Waals surface area contributed by atoms with E-state index < -0.39 is 23.2 Å². The Kier molecular flexibility index (Phi) is 5.16. The number of thioether (sulfide) groups is 1. The Bertz CT molecular complexity index is 1300. The number of aromatic nitrogens is 2. The number of carbonyl (C=O) groups is 1. The molecule has 0 fully saturated rings. The number of hydrogen-bond donors (Lipinski definition) is 1. The molecule has 4 aromatic rings. The molecule has 0 aliphatic heterocycles. The summed E-state index contributed by atoms with van der Waals surface area (Å²) in [6.07, 6.45) is 0. The predicted octanol–water partition coefficient (Wildman–Crippen LogP) is 4.57. The molecule has 146 valence electrons. The first-order valence-electron chi connectivity index (χ1n) is 8.35. The van der Waals surface area contributed by atoms with Crippen molar-refractivity contribution in [1.82, 2.24) is 9.55 Å². The zero-order valence-electron chi connectivity index (χ0n) is 14.6. The lowest BCUT2D eigenvalue weighted by Crippen LogP contribution is -2.22. The molecule has 4 rings (SSSR count). The number of fused-ring (bicyclic) bond motifs is 1. The molecule has 0 aliphatic rings. The Morgan fingerprint density at radius 3 is 2.66 bits per heavy atom. The van der Waals surface area contributed by atoms with Crippen molar-refractivity contribution in [2.24, 2.45) is 0 Å². The summed E-state index contributed by atoms with van der Waals surface area (Å²) < 4.78 is 29.3. The fourth-order valence-corrected chi connectivity index (χ4v) is 4.63. The summed E-state index contributed by atoms with van der Waals surface area (Å²) in [4.78, 5) is 29.2. The predicted molar refractivity (Wildman–Crippen MR) is 109 cm³/mol. The Hall–Kier alpha value is -3.04. The summed E-state index contributed by atoms with van der Waals surface area (Å²) in [6, 6.07) is 11.4. The third kappa shape index (κ3) is 3.66. The second kappa shape index (κ2) is 7.76. The summed E-state index contributed by atoms with van der Waals surface area (Å²) in [7, 11) is 0. The molecule has 2 aromatic carbocycles. The fraction of sp³-hybridized carbons (Fsp3) is 0.0500. The number of benzene rings is 2. The molecule has 0 aliphatic carbocycles. The van der Waals surface area contributed by atoms with Crippen LogP contribution in [-0.4, -0.2) is 26.4 Å². The SMILES string of the molecule is O=C(O)CSc1nc2scc(-c3ccccc3F)c2c(=O)n1-c1cccc(F)c1. The van der Waals surface area contributed by atoms with Gasteiger partial charge in [-0.2, -0.15) is 0 Å². The van der Waals surface area contributed by atoms with E-state index in [9.17, 15) is 18.4 Å². The maximum atomic E-state index is 14.3. The Balaban J connectivity index is 2.02. The molecule has 0 bridgehead atoms. The summed E-state index contributed by atoms with van der Waals surface area (Å²) in [6.45, 7) is 0. The fourth-order valence-electron chi connectivity index (χ4n) is 2.92. The molecular weight excluding hydrogens is 418 g/mol. The summed E-state index contributed by atoms with van der Waals surface area (Å²) in [5, 5.41) is 11.0. The van der Waals surface area contributed by atoms with Gasteiger partial charge in [0.2, 0.25) is 0 Å². The van der Waals surface area contributed by atoms with E-state index in [1.807, 2.05) is 0 Å².